The van der Waals surface area contributed by atoms with Gasteiger partial charge in [-0.15, -0.1) is 11.3 Å². The van der Waals surface area contributed by atoms with E-state index in [1.807, 2.05) is 26.0 Å². The van der Waals surface area contributed by atoms with Gasteiger partial charge in [-0.2, -0.15) is 0 Å². The monoisotopic (exact) mass is 462 g/mol. The number of nitrogens with zero attached hydrogens (tertiary/aromatic N) is 2. The van der Waals surface area contributed by atoms with Crippen LogP contribution in [0.3, 0.4) is 0 Å². The van der Waals surface area contributed by atoms with Crippen molar-refractivity contribution in [2.45, 2.75) is 32.9 Å². The number of rotatable bonds is 6. The van der Waals surface area contributed by atoms with Gasteiger partial charge in [0.1, 0.15) is 27.5 Å². The van der Waals surface area contributed by atoms with Gasteiger partial charge in [0.2, 0.25) is 0 Å². The van der Waals surface area contributed by atoms with Crippen LogP contribution >= 0.6 is 11.3 Å². The van der Waals surface area contributed by atoms with Crippen molar-refractivity contribution in [3.63, 3.8) is 0 Å². The quantitative estimate of drug-likeness (QED) is 0.561. The van der Waals surface area contributed by atoms with Crippen molar-refractivity contribution in [2.24, 2.45) is 5.92 Å². The number of halogens is 3. The highest BCUT2D eigenvalue weighted by atomic mass is 32.1. The van der Waals surface area contributed by atoms with Gasteiger partial charge in [-0.05, 0) is 43.5 Å². The van der Waals surface area contributed by atoms with Gasteiger partial charge in [-0.25, -0.2) is 18.2 Å². The van der Waals surface area contributed by atoms with E-state index in [2.05, 4.69) is 10.3 Å². The third-order valence-corrected chi connectivity index (χ3v) is 7.08. The topological polar surface area (TPSA) is 71.2 Å². The lowest BCUT2D eigenvalue weighted by molar-refractivity contribution is 0.0959. The van der Waals surface area contributed by atoms with Crippen LogP contribution in [-0.2, 0) is 6.42 Å². The molecule has 0 aliphatic carbocycles. The number of aryl methyl sites for hydroxylation is 1. The summed E-state index contributed by atoms with van der Waals surface area (Å²) in [6.45, 7) is 4.29. The molecule has 0 radical (unpaired) electrons. The molecule has 2 atom stereocenters. The Kier molecular flexibility index (Phi) is 6.28. The number of amides is 1. The highest BCUT2D eigenvalue weighted by molar-refractivity contribution is 7.21. The lowest BCUT2D eigenvalue weighted by Gasteiger charge is -2.20. The molecule has 0 spiro atoms. The van der Waals surface area contributed by atoms with Crippen LogP contribution in [0.25, 0.3) is 10.2 Å². The van der Waals surface area contributed by atoms with E-state index in [0.717, 1.165) is 23.2 Å². The van der Waals surface area contributed by atoms with Gasteiger partial charge in [-0.3, -0.25) is 4.79 Å². The molecule has 0 unspecified atom stereocenters. The zero-order valence-electron chi connectivity index (χ0n) is 17.9. The van der Waals surface area contributed by atoms with Gasteiger partial charge in [0.15, 0.2) is 0 Å². The van der Waals surface area contributed by atoms with Gasteiger partial charge < -0.3 is 16.0 Å². The number of benzene rings is 1. The summed E-state index contributed by atoms with van der Waals surface area (Å²) in [4.78, 5) is 19.5. The maximum Gasteiger partial charge on any atom is 0.263 e. The summed E-state index contributed by atoms with van der Waals surface area (Å²) in [6, 6.07) is 5.90. The zero-order chi connectivity index (χ0) is 23.0. The third kappa shape index (κ3) is 4.26. The second kappa shape index (κ2) is 8.97. The Balaban J connectivity index is 1.42. The Morgan fingerprint density at radius 3 is 2.78 bits per heavy atom. The van der Waals surface area contributed by atoms with Crippen LogP contribution in [0.15, 0.2) is 24.3 Å². The number of anilines is 2. The molecule has 9 heteroatoms. The minimum atomic E-state index is -1.04. The van der Waals surface area contributed by atoms with Crippen molar-refractivity contribution >= 4 is 38.8 Å². The van der Waals surface area contributed by atoms with Crippen molar-refractivity contribution in [1.29, 1.82) is 0 Å². The minimum absolute atomic E-state index is 0.0647. The molecule has 3 heterocycles. The maximum absolute atomic E-state index is 14.7. The van der Waals surface area contributed by atoms with E-state index in [1.165, 1.54) is 11.3 Å². The number of hydrogen-bond donors (Lipinski definition) is 2. The predicted molar refractivity (Wildman–Crippen MR) is 122 cm³/mol. The Morgan fingerprint density at radius 2 is 2.06 bits per heavy atom. The highest BCUT2D eigenvalue weighted by Crippen LogP contribution is 2.33. The fraction of sp³-hybridized carbons (Fsp3) is 0.391. The molecule has 0 bridgehead atoms. The summed E-state index contributed by atoms with van der Waals surface area (Å²) in [7, 11) is 0. The molecule has 0 saturated carbocycles. The molecule has 5 nitrogen and oxygen atoms in total. The summed E-state index contributed by atoms with van der Waals surface area (Å²) in [5.41, 5.74) is 7.51. The highest BCUT2D eigenvalue weighted by Gasteiger charge is 2.33. The summed E-state index contributed by atoms with van der Waals surface area (Å²) in [5.74, 6) is -1.72. The van der Waals surface area contributed by atoms with Gasteiger partial charge >= 0.3 is 0 Å². The number of fused-ring (bicyclic) bond motifs is 1. The van der Waals surface area contributed by atoms with Crippen LogP contribution in [0, 0.1) is 24.5 Å². The first-order valence-corrected chi connectivity index (χ1v) is 11.4. The van der Waals surface area contributed by atoms with E-state index >= 15 is 0 Å². The normalized spacial score (nSPS) is 18.5. The van der Waals surface area contributed by atoms with Gasteiger partial charge in [-0.1, -0.05) is 6.92 Å². The van der Waals surface area contributed by atoms with Gasteiger partial charge in [0.25, 0.3) is 5.91 Å². The Bertz CT molecular complexity index is 1170. The van der Waals surface area contributed by atoms with Crippen LogP contribution in [-0.4, -0.2) is 36.7 Å². The molecule has 2 aromatic heterocycles. The number of carbonyl (C=O) groups is 1. The van der Waals surface area contributed by atoms with Crippen LogP contribution < -0.4 is 16.0 Å². The van der Waals surface area contributed by atoms with Crippen molar-refractivity contribution in [3.05, 3.63) is 52.0 Å². The van der Waals surface area contributed by atoms with Crippen molar-refractivity contribution in [1.82, 2.24) is 10.3 Å². The van der Waals surface area contributed by atoms with E-state index in [9.17, 15) is 18.0 Å². The van der Waals surface area contributed by atoms with Crippen LogP contribution in [0.5, 0.6) is 0 Å². The van der Waals surface area contributed by atoms with Crippen molar-refractivity contribution in [3.8, 4) is 0 Å². The molecule has 1 amide bonds. The minimum Gasteiger partial charge on any atom is -0.397 e. The summed E-state index contributed by atoms with van der Waals surface area (Å²) < 4.78 is 43.3. The summed E-state index contributed by atoms with van der Waals surface area (Å²) in [5, 5.41) is 3.43. The van der Waals surface area contributed by atoms with Crippen LogP contribution in [0.2, 0.25) is 0 Å². The fourth-order valence-electron chi connectivity index (χ4n) is 4.07. The van der Waals surface area contributed by atoms with E-state index in [-0.39, 0.29) is 42.6 Å². The molecule has 1 fully saturated rings. The van der Waals surface area contributed by atoms with E-state index in [1.54, 1.807) is 4.90 Å². The molecule has 3 N–H and O–H groups in total. The Labute approximate surface area is 188 Å². The molecule has 1 saturated heterocycles. The van der Waals surface area contributed by atoms with E-state index in [0.29, 0.717) is 28.4 Å². The second-order valence-electron chi connectivity index (χ2n) is 8.14. The molecule has 1 aliphatic rings. The number of pyridine rings is 1. The number of nitrogen functional groups attached to an aromatic ring is 1. The van der Waals surface area contributed by atoms with Gasteiger partial charge in [0.05, 0.1) is 11.4 Å². The lowest BCUT2D eigenvalue weighted by Crippen LogP contribution is -2.26. The maximum atomic E-state index is 14.7. The van der Waals surface area contributed by atoms with Crippen LogP contribution in [0.4, 0.5) is 24.5 Å². The van der Waals surface area contributed by atoms with Crippen molar-refractivity contribution in [2.75, 3.05) is 30.3 Å². The SMILES string of the molecule is CC[C@@H]1CN(c2cc(F)c(CCNC(=O)c3sc4nc(C)ccc4c3N)cc2F)C[C@@H]1F. The third-order valence-electron chi connectivity index (χ3n) is 5.96. The Hall–Kier alpha value is -2.81. The molecular formula is C23H25F3N4OS. The molecule has 4 rings (SSSR count). The molecule has 170 valence electrons. The average molecular weight is 463 g/mol. The zero-order valence-corrected chi connectivity index (χ0v) is 18.7. The first-order valence-electron chi connectivity index (χ1n) is 10.6. The number of nitrogens with one attached hydrogen (secondary N) is 1. The predicted octanol–water partition coefficient (Wildman–Crippen LogP) is 4.62. The molecular weight excluding hydrogens is 437 g/mol. The molecule has 3 aromatic rings. The number of aromatic nitrogens is 1. The van der Waals surface area contributed by atoms with Gasteiger partial charge in [0, 0.05) is 42.7 Å². The number of nitrogens with two attached hydrogens (primary N) is 1. The number of thiophene rings is 1. The van der Waals surface area contributed by atoms with E-state index in [4.69, 9.17) is 5.73 Å². The molecule has 1 aromatic carbocycles. The lowest BCUT2D eigenvalue weighted by atomic mass is 10.1. The first-order chi connectivity index (χ1) is 15.3. The number of carbonyl (C=O) groups excluding carboxylic acids is 1. The Morgan fingerprint density at radius 1 is 1.28 bits per heavy atom. The number of hydrogen-bond acceptors (Lipinski definition) is 5. The summed E-state index contributed by atoms with van der Waals surface area (Å²) in [6.07, 6.45) is -0.280. The second-order valence-corrected chi connectivity index (χ2v) is 9.14. The molecule has 1 aliphatic heterocycles. The summed E-state index contributed by atoms with van der Waals surface area (Å²) >= 11 is 1.20. The largest absolute Gasteiger partial charge is 0.397 e. The van der Waals surface area contributed by atoms with Crippen LogP contribution in [0.1, 0.15) is 34.3 Å². The average Bonchev–Trinajstić information content (AvgIpc) is 3.29. The smallest absolute Gasteiger partial charge is 0.263 e. The van der Waals surface area contributed by atoms with Crippen molar-refractivity contribution < 1.29 is 18.0 Å². The standard InChI is InChI=1S/C23H25F3N4OS/c1-3-13-10-30(11-18(13)26)19-9-16(24)14(8-17(19)25)6-7-28-22(31)21-20(27)15-5-4-12(2)29-23(15)32-21/h4-5,8-9,13,18H,3,6-7,10-11,27H2,1-2H3,(H,28,31)/t13-,18+/m1/s1. The number of alkyl halides is 1. The van der Waals surface area contributed by atoms with E-state index < -0.39 is 17.8 Å². The molecule has 32 heavy (non-hydrogen) atoms. The first kappa shape index (κ1) is 22.4. The fourth-order valence-corrected chi connectivity index (χ4v) is 5.13.